The highest BCUT2D eigenvalue weighted by Crippen LogP contribution is 2.19. The van der Waals surface area contributed by atoms with E-state index in [1.807, 2.05) is 0 Å². The summed E-state index contributed by atoms with van der Waals surface area (Å²) in [5.74, 6) is -0.136. The van der Waals surface area contributed by atoms with Crippen LogP contribution in [0.1, 0.15) is 12.5 Å². The summed E-state index contributed by atoms with van der Waals surface area (Å²) in [4.78, 5) is 0.528. The minimum absolute atomic E-state index is 0.136. The van der Waals surface area contributed by atoms with Gasteiger partial charge in [-0.3, -0.25) is 0 Å². The Labute approximate surface area is 132 Å². The van der Waals surface area contributed by atoms with Gasteiger partial charge in [0.1, 0.15) is 0 Å². The third-order valence-corrected chi connectivity index (χ3v) is 5.60. The molecule has 0 bridgehead atoms. The van der Waals surface area contributed by atoms with Crippen molar-refractivity contribution in [3.8, 4) is 0 Å². The fourth-order valence-corrected chi connectivity index (χ4v) is 4.02. The van der Waals surface area contributed by atoms with Crippen LogP contribution in [0.3, 0.4) is 0 Å². The van der Waals surface area contributed by atoms with E-state index >= 15 is 0 Å². The molecular weight excluding hydrogens is 320 g/mol. The van der Waals surface area contributed by atoms with E-state index in [4.69, 9.17) is 0 Å². The van der Waals surface area contributed by atoms with Crippen molar-refractivity contribution < 1.29 is 17.2 Å². The summed E-state index contributed by atoms with van der Waals surface area (Å²) < 4.78 is 45.1. The molecule has 0 aliphatic heterocycles. The van der Waals surface area contributed by atoms with Crippen LogP contribution in [-0.4, -0.2) is 22.9 Å². The van der Waals surface area contributed by atoms with E-state index in [9.17, 15) is 17.2 Å². The molecule has 0 aliphatic carbocycles. The van der Waals surface area contributed by atoms with Gasteiger partial charge in [-0.05, 0) is 30.7 Å². The molecule has 0 spiro atoms. The van der Waals surface area contributed by atoms with E-state index < -0.39 is 20.9 Å². The molecule has 0 saturated carbocycles. The van der Waals surface area contributed by atoms with E-state index in [2.05, 4.69) is 0 Å². The van der Waals surface area contributed by atoms with Crippen molar-refractivity contribution in [1.29, 1.82) is 0 Å². The van der Waals surface area contributed by atoms with E-state index in [1.54, 1.807) is 67.6 Å². The van der Waals surface area contributed by atoms with Gasteiger partial charge < -0.3 is 4.55 Å². The van der Waals surface area contributed by atoms with Crippen LogP contribution in [0.15, 0.2) is 70.0 Å². The fourth-order valence-electron chi connectivity index (χ4n) is 2.08. The van der Waals surface area contributed by atoms with Crippen LogP contribution in [0.2, 0.25) is 0 Å². The fraction of sp³-hybridized carbons (Fsp3) is 0.125. The maximum Gasteiger partial charge on any atom is 0.187 e. The molecule has 0 amide bonds. The lowest BCUT2D eigenvalue weighted by Crippen LogP contribution is -2.07. The SMILES string of the molecule is CC(=Cc1ccccc1S(=O)O)CS(=O)(=O)c1ccccc1. The lowest BCUT2D eigenvalue weighted by atomic mass is 10.1. The first-order chi connectivity index (χ1) is 10.4. The second-order valence-electron chi connectivity index (χ2n) is 4.85. The summed E-state index contributed by atoms with van der Waals surface area (Å²) in [6, 6.07) is 14.8. The molecule has 0 radical (unpaired) electrons. The third kappa shape index (κ3) is 4.13. The van der Waals surface area contributed by atoms with Gasteiger partial charge in [0.2, 0.25) is 0 Å². The summed E-state index contributed by atoms with van der Waals surface area (Å²) in [5.41, 5.74) is 1.14. The molecule has 0 aliphatic rings. The van der Waals surface area contributed by atoms with Crippen LogP contribution in [-0.2, 0) is 20.9 Å². The Morgan fingerprint density at radius 1 is 1.09 bits per heavy atom. The Bertz CT molecular complexity index is 809. The Hall–Kier alpha value is -1.76. The monoisotopic (exact) mass is 336 g/mol. The van der Waals surface area contributed by atoms with Gasteiger partial charge in [0.15, 0.2) is 20.9 Å². The van der Waals surface area contributed by atoms with E-state index in [1.165, 1.54) is 0 Å². The largest absolute Gasteiger partial charge is 0.302 e. The van der Waals surface area contributed by atoms with Crippen molar-refractivity contribution >= 4 is 27.0 Å². The van der Waals surface area contributed by atoms with Gasteiger partial charge in [-0.15, -0.1) is 0 Å². The van der Waals surface area contributed by atoms with Gasteiger partial charge in [0, 0.05) is 0 Å². The molecule has 0 fully saturated rings. The molecule has 1 unspecified atom stereocenters. The smallest absolute Gasteiger partial charge is 0.187 e. The molecule has 116 valence electrons. The van der Waals surface area contributed by atoms with Crippen molar-refractivity contribution in [2.24, 2.45) is 0 Å². The Morgan fingerprint density at radius 3 is 2.32 bits per heavy atom. The van der Waals surface area contributed by atoms with Crippen LogP contribution in [0.4, 0.5) is 0 Å². The van der Waals surface area contributed by atoms with Crippen molar-refractivity contribution in [3.05, 3.63) is 65.7 Å². The maximum absolute atomic E-state index is 12.3. The average molecular weight is 336 g/mol. The van der Waals surface area contributed by atoms with Crippen LogP contribution in [0, 0.1) is 0 Å². The summed E-state index contributed by atoms with van der Waals surface area (Å²) in [7, 11) is -3.42. The van der Waals surface area contributed by atoms with Gasteiger partial charge in [0.25, 0.3) is 0 Å². The van der Waals surface area contributed by atoms with Crippen molar-refractivity contribution in [2.75, 3.05) is 5.75 Å². The van der Waals surface area contributed by atoms with E-state index in [0.717, 1.165) is 0 Å². The lowest BCUT2D eigenvalue weighted by Gasteiger charge is -2.06. The molecule has 1 atom stereocenters. The van der Waals surface area contributed by atoms with Gasteiger partial charge in [-0.1, -0.05) is 48.0 Å². The zero-order valence-electron chi connectivity index (χ0n) is 12.0. The molecule has 2 aromatic carbocycles. The quantitative estimate of drug-likeness (QED) is 0.852. The molecule has 2 rings (SSSR count). The maximum atomic E-state index is 12.3. The van der Waals surface area contributed by atoms with Crippen LogP contribution >= 0.6 is 0 Å². The zero-order valence-corrected chi connectivity index (χ0v) is 13.6. The highest BCUT2D eigenvalue weighted by molar-refractivity contribution is 7.91. The molecule has 2 aromatic rings. The van der Waals surface area contributed by atoms with Crippen molar-refractivity contribution in [2.45, 2.75) is 16.7 Å². The third-order valence-electron chi connectivity index (χ3n) is 3.03. The Kier molecular flexibility index (Phi) is 5.28. The number of hydrogen-bond acceptors (Lipinski definition) is 3. The van der Waals surface area contributed by atoms with Gasteiger partial charge >= 0.3 is 0 Å². The number of hydrogen-bond donors (Lipinski definition) is 1. The molecule has 0 aromatic heterocycles. The second kappa shape index (κ2) is 7.00. The predicted molar refractivity (Wildman–Crippen MR) is 87.6 cm³/mol. The number of sulfone groups is 1. The summed E-state index contributed by atoms with van der Waals surface area (Å²) in [5, 5.41) is 0. The average Bonchev–Trinajstić information content (AvgIpc) is 2.48. The van der Waals surface area contributed by atoms with Crippen LogP contribution in [0.25, 0.3) is 6.08 Å². The normalized spacial score (nSPS) is 13.8. The number of benzene rings is 2. The highest BCUT2D eigenvalue weighted by atomic mass is 32.2. The molecule has 6 heteroatoms. The summed E-state index contributed by atoms with van der Waals surface area (Å²) in [6.07, 6.45) is 1.63. The minimum atomic E-state index is -3.42. The zero-order chi connectivity index (χ0) is 16.2. The molecule has 0 heterocycles. The first-order valence-corrected chi connectivity index (χ1v) is 9.31. The van der Waals surface area contributed by atoms with Gasteiger partial charge in [0.05, 0.1) is 15.5 Å². The molecule has 1 N–H and O–H groups in total. The molecule has 4 nitrogen and oxygen atoms in total. The van der Waals surface area contributed by atoms with E-state index in [0.29, 0.717) is 11.1 Å². The Balaban J connectivity index is 2.30. The van der Waals surface area contributed by atoms with Gasteiger partial charge in [-0.25, -0.2) is 12.6 Å². The van der Waals surface area contributed by atoms with Gasteiger partial charge in [-0.2, -0.15) is 0 Å². The Morgan fingerprint density at radius 2 is 1.68 bits per heavy atom. The van der Waals surface area contributed by atoms with Crippen LogP contribution < -0.4 is 0 Å². The highest BCUT2D eigenvalue weighted by Gasteiger charge is 2.15. The topological polar surface area (TPSA) is 71.4 Å². The van der Waals surface area contributed by atoms with Crippen molar-refractivity contribution in [3.63, 3.8) is 0 Å². The molecular formula is C16H16O4S2. The molecule has 22 heavy (non-hydrogen) atoms. The minimum Gasteiger partial charge on any atom is -0.302 e. The second-order valence-corrected chi connectivity index (χ2v) is 7.78. The van der Waals surface area contributed by atoms with Crippen LogP contribution in [0.5, 0.6) is 0 Å². The van der Waals surface area contributed by atoms with E-state index in [-0.39, 0.29) is 15.5 Å². The first-order valence-electron chi connectivity index (χ1n) is 6.55. The summed E-state index contributed by atoms with van der Waals surface area (Å²) in [6.45, 7) is 1.69. The lowest BCUT2D eigenvalue weighted by molar-refractivity contribution is 0.564. The summed E-state index contributed by atoms with van der Waals surface area (Å²) >= 11 is -2.11. The number of rotatable bonds is 5. The first kappa shape index (κ1) is 16.6. The standard InChI is InChI=1S/C16H16O4S2/c1-13(11-14-7-5-6-10-16(14)21(17)18)12-22(19,20)15-8-3-2-4-9-15/h2-11H,12H2,1H3,(H,17,18). The molecule has 0 saturated heterocycles. The van der Waals surface area contributed by atoms with Crippen molar-refractivity contribution in [1.82, 2.24) is 0 Å². The predicted octanol–water partition coefficient (Wildman–Crippen LogP) is 3.14.